The summed E-state index contributed by atoms with van der Waals surface area (Å²) in [7, 11) is 0. The molecule has 0 aliphatic heterocycles. The number of hydrogen-bond acceptors (Lipinski definition) is 4. The van der Waals surface area contributed by atoms with E-state index in [1.807, 2.05) is 24.3 Å². The topological polar surface area (TPSA) is 80.6 Å². The second-order valence-electron chi connectivity index (χ2n) is 6.13. The Kier molecular flexibility index (Phi) is 6.36. The van der Waals surface area contributed by atoms with Gasteiger partial charge in [0.2, 0.25) is 5.43 Å². The maximum atomic E-state index is 12.1. The van der Waals surface area contributed by atoms with Gasteiger partial charge in [-0.3, -0.25) is 9.59 Å². The Bertz CT molecular complexity index is 779. The minimum Gasteiger partial charge on any atom is -0.478 e. The second-order valence-corrected chi connectivity index (χ2v) is 6.13. The molecule has 6 heteroatoms. The van der Waals surface area contributed by atoms with Crippen LogP contribution in [0.4, 0.5) is 5.69 Å². The van der Waals surface area contributed by atoms with E-state index in [2.05, 4.69) is 19.2 Å². The summed E-state index contributed by atoms with van der Waals surface area (Å²) >= 11 is 0. The highest BCUT2D eigenvalue weighted by Crippen LogP contribution is 2.17. The minimum absolute atomic E-state index is 0.0456. The molecule has 0 radical (unpaired) electrons. The smallest absolute Gasteiger partial charge is 0.262 e. The Morgan fingerprint density at radius 3 is 2.52 bits per heavy atom. The van der Waals surface area contributed by atoms with Crippen molar-refractivity contribution in [3.05, 3.63) is 58.0 Å². The summed E-state index contributed by atoms with van der Waals surface area (Å²) in [6.07, 6.45) is 1.59. The predicted octanol–water partition coefficient (Wildman–Crippen LogP) is 2.29. The number of aliphatic hydroxyl groups is 1. The number of pyridine rings is 1. The molecule has 0 atom stereocenters. The van der Waals surface area contributed by atoms with Crippen molar-refractivity contribution in [1.29, 1.82) is 0 Å². The highest BCUT2D eigenvalue weighted by molar-refractivity contribution is 5.91. The quantitative estimate of drug-likeness (QED) is 0.807. The SMILES string of the molecule is Cc1c(OCC(=O)Nc2ccc(C(C)C)cc2)c(=O)ccn1CCO. The molecule has 0 unspecified atom stereocenters. The molecule has 2 rings (SSSR count). The standard InChI is InChI=1S/C19H24N2O4/c1-13(2)15-4-6-16(7-5-15)20-18(24)12-25-19-14(3)21(10-11-22)9-8-17(19)23/h4-9,13,22H,10-12H2,1-3H3,(H,20,24). The van der Waals surface area contributed by atoms with E-state index in [4.69, 9.17) is 9.84 Å². The van der Waals surface area contributed by atoms with E-state index in [0.717, 1.165) is 0 Å². The third-order valence-corrected chi connectivity index (χ3v) is 3.94. The zero-order valence-electron chi connectivity index (χ0n) is 14.8. The first-order chi connectivity index (χ1) is 11.9. The molecule has 1 aromatic carbocycles. The second kappa shape index (κ2) is 8.48. The van der Waals surface area contributed by atoms with Crippen LogP contribution in [0.25, 0.3) is 0 Å². The highest BCUT2D eigenvalue weighted by atomic mass is 16.5. The first-order valence-corrected chi connectivity index (χ1v) is 8.26. The van der Waals surface area contributed by atoms with Crippen LogP contribution in [0.15, 0.2) is 41.3 Å². The van der Waals surface area contributed by atoms with Crippen LogP contribution in [0, 0.1) is 6.92 Å². The molecule has 0 saturated heterocycles. The number of aliphatic hydroxyl groups excluding tert-OH is 1. The van der Waals surface area contributed by atoms with E-state index in [1.54, 1.807) is 17.7 Å². The van der Waals surface area contributed by atoms with Gasteiger partial charge in [-0.15, -0.1) is 0 Å². The average molecular weight is 344 g/mol. The molecule has 0 aliphatic carbocycles. The first-order valence-electron chi connectivity index (χ1n) is 8.26. The summed E-state index contributed by atoms with van der Waals surface area (Å²) in [5.74, 6) is 0.213. The number of carbonyl (C=O) groups excluding carboxylic acids is 1. The molecular weight excluding hydrogens is 320 g/mol. The number of ether oxygens (including phenoxy) is 1. The molecule has 1 heterocycles. The molecule has 2 N–H and O–H groups in total. The van der Waals surface area contributed by atoms with E-state index < -0.39 is 0 Å². The van der Waals surface area contributed by atoms with Crippen molar-refractivity contribution in [3.8, 4) is 5.75 Å². The fourth-order valence-corrected chi connectivity index (χ4v) is 2.47. The summed E-state index contributed by atoms with van der Waals surface area (Å²) in [4.78, 5) is 24.0. The van der Waals surface area contributed by atoms with Crippen molar-refractivity contribution in [3.63, 3.8) is 0 Å². The molecular formula is C19H24N2O4. The number of anilines is 1. The van der Waals surface area contributed by atoms with Crippen LogP contribution in [0.3, 0.4) is 0 Å². The van der Waals surface area contributed by atoms with E-state index in [-0.39, 0.29) is 30.3 Å². The van der Waals surface area contributed by atoms with Gasteiger partial charge in [-0.25, -0.2) is 0 Å². The fourth-order valence-electron chi connectivity index (χ4n) is 2.47. The molecule has 1 aromatic heterocycles. The number of aromatic nitrogens is 1. The maximum Gasteiger partial charge on any atom is 0.262 e. The van der Waals surface area contributed by atoms with Crippen LogP contribution < -0.4 is 15.5 Å². The molecule has 25 heavy (non-hydrogen) atoms. The summed E-state index contributed by atoms with van der Waals surface area (Å²) in [5.41, 5.74) is 2.16. The zero-order chi connectivity index (χ0) is 18.4. The number of nitrogens with one attached hydrogen (secondary N) is 1. The van der Waals surface area contributed by atoms with Crippen LogP contribution in [-0.2, 0) is 11.3 Å². The Morgan fingerprint density at radius 1 is 1.24 bits per heavy atom. The number of amides is 1. The molecule has 6 nitrogen and oxygen atoms in total. The highest BCUT2D eigenvalue weighted by Gasteiger charge is 2.11. The van der Waals surface area contributed by atoms with Crippen LogP contribution >= 0.6 is 0 Å². The lowest BCUT2D eigenvalue weighted by Crippen LogP contribution is -2.24. The molecule has 0 fully saturated rings. The van der Waals surface area contributed by atoms with Crippen molar-refractivity contribution in [1.82, 2.24) is 4.57 Å². The maximum absolute atomic E-state index is 12.1. The number of rotatable bonds is 7. The third-order valence-electron chi connectivity index (χ3n) is 3.94. The fraction of sp³-hybridized carbons (Fsp3) is 0.368. The van der Waals surface area contributed by atoms with Crippen molar-refractivity contribution >= 4 is 11.6 Å². The Balaban J connectivity index is 2.00. The Hall–Kier alpha value is -2.60. The van der Waals surface area contributed by atoms with Crippen molar-refractivity contribution in [2.45, 2.75) is 33.2 Å². The molecule has 2 aromatic rings. The summed E-state index contributed by atoms with van der Waals surface area (Å²) in [6.45, 7) is 5.98. The first kappa shape index (κ1) is 18.7. The van der Waals surface area contributed by atoms with Gasteiger partial charge in [0.25, 0.3) is 5.91 Å². The van der Waals surface area contributed by atoms with E-state index in [9.17, 15) is 9.59 Å². The molecule has 0 spiro atoms. The van der Waals surface area contributed by atoms with Gasteiger partial charge >= 0.3 is 0 Å². The summed E-state index contributed by atoms with van der Waals surface area (Å²) in [5, 5.41) is 11.8. The molecule has 134 valence electrons. The lowest BCUT2D eigenvalue weighted by molar-refractivity contribution is -0.118. The Morgan fingerprint density at radius 2 is 1.92 bits per heavy atom. The lowest BCUT2D eigenvalue weighted by atomic mass is 10.0. The molecule has 0 bridgehead atoms. The number of hydrogen-bond donors (Lipinski definition) is 2. The van der Waals surface area contributed by atoms with Gasteiger partial charge in [0.05, 0.1) is 12.3 Å². The van der Waals surface area contributed by atoms with Gasteiger partial charge in [0.1, 0.15) is 0 Å². The van der Waals surface area contributed by atoms with E-state index in [1.165, 1.54) is 11.6 Å². The van der Waals surface area contributed by atoms with Gasteiger partial charge in [-0.05, 0) is 30.5 Å². The van der Waals surface area contributed by atoms with Crippen molar-refractivity contribution in [2.24, 2.45) is 0 Å². The zero-order valence-corrected chi connectivity index (χ0v) is 14.8. The van der Waals surface area contributed by atoms with Crippen molar-refractivity contribution in [2.75, 3.05) is 18.5 Å². The monoisotopic (exact) mass is 344 g/mol. The van der Waals surface area contributed by atoms with Gasteiger partial charge in [0, 0.05) is 24.5 Å². The molecule has 0 saturated carbocycles. The number of nitrogens with zero attached hydrogens (tertiary/aromatic N) is 1. The predicted molar refractivity (Wildman–Crippen MR) is 97.2 cm³/mol. The van der Waals surface area contributed by atoms with Crippen LogP contribution in [0.1, 0.15) is 31.0 Å². The normalized spacial score (nSPS) is 10.8. The van der Waals surface area contributed by atoms with Gasteiger partial charge in [-0.1, -0.05) is 26.0 Å². The van der Waals surface area contributed by atoms with Crippen LogP contribution in [0.2, 0.25) is 0 Å². The van der Waals surface area contributed by atoms with E-state index >= 15 is 0 Å². The van der Waals surface area contributed by atoms with Crippen molar-refractivity contribution < 1.29 is 14.6 Å². The molecule has 0 aliphatic rings. The third kappa shape index (κ3) is 4.93. The van der Waals surface area contributed by atoms with Gasteiger partial charge in [0.15, 0.2) is 12.4 Å². The van der Waals surface area contributed by atoms with Gasteiger partial charge < -0.3 is 19.7 Å². The average Bonchev–Trinajstić information content (AvgIpc) is 2.58. The largest absolute Gasteiger partial charge is 0.478 e. The Labute approximate surface area is 147 Å². The van der Waals surface area contributed by atoms with E-state index in [0.29, 0.717) is 23.8 Å². The number of benzene rings is 1. The minimum atomic E-state index is -0.339. The summed E-state index contributed by atoms with van der Waals surface area (Å²) < 4.78 is 7.13. The van der Waals surface area contributed by atoms with Crippen LogP contribution in [-0.4, -0.2) is 28.8 Å². The summed E-state index contributed by atoms with van der Waals surface area (Å²) in [6, 6.07) is 8.98. The van der Waals surface area contributed by atoms with Gasteiger partial charge in [-0.2, -0.15) is 0 Å². The lowest BCUT2D eigenvalue weighted by Gasteiger charge is -2.14. The molecule has 1 amide bonds. The van der Waals surface area contributed by atoms with Crippen LogP contribution in [0.5, 0.6) is 5.75 Å². The number of carbonyl (C=O) groups is 1.